The van der Waals surface area contributed by atoms with Crippen LogP contribution in [0.25, 0.3) is 5.57 Å². The maximum atomic E-state index is 13.9. The topological polar surface area (TPSA) is 123 Å². The molecule has 1 aliphatic heterocycles. The molecule has 208 valence electrons. The fourth-order valence-electron chi connectivity index (χ4n) is 3.67. The predicted octanol–water partition coefficient (Wildman–Crippen LogP) is 5.11. The smallest absolute Gasteiger partial charge is 0.437 e. The van der Waals surface area contributed by atoms with E-state index in [4.69, 9.17) is 15.2 Å². The lowest BCUT2D eigenvalue weighted by Gasteiger charge is -2.30. The summed E-state index contributed by atoms with van der Waals surface area (Å²) >= 11 is 0. The van der Waals surface area contributed by atoms with E-state index < -0.39 is 41.4 Å². The molecular weight excluding hydrogens is 517 g/mol. The van der Waals surface area contributed by atoms with Crippen molar-refractivity contribution in [2.45, 2.75) is 45.6 Å². The van der Waals surface area contributed by atoms with Crippen LogP contribution in [0, 0.1) is 0 Å². The number of carbonyl (C=O) groups is 3. The summed E-state index contributed by atoms with van der Waals surface area (Å²) in [5.74, 6) is -1.62. The Labute approximate surface area is 223 Å². The molecule has 0 fully saturated rings. The fraction of sp³-hybridized carbons (Fsp3) is 0.333. The number of amides is 3. The molecule has 3 amide bonds. The van der Waals surface area contributed by atoms with Crippen molar-refractivity contribution in [1.29, 1.82) is 0 Å². The first-order valence-corrected chi connectivity index (χ1v) is 12.0. The maximum absolute atomic E-state index is 13.9. The zero-order chi connectivity index (χ0) is 28.8. The van der Waals surface area contributed by atoms with Crippen molar-refractivity contribution in [3.8, 4) is 0 Å². The molecular formula is C27H29F3N4O5. The summed E-state index contributed by atoms with van der Waals surface area (Å²) in [6, 6.07) is 11.9. The molecule has 0 radical (unpaired) electrons. The van der Waals surface area contributed by atoms with Gasteiger partial charge < -0.3 is 20.1 Å². The molecule has 0 bridgehead atoms. The molecule has 12 heteroatoms. The second kappa shape index (κ2) is 12.0. The molecule has 39 heavy (non-hydrogen) atoms. The third-order valence-electron chi connectivity index (χ3n) is 5.45. The van der Waals surface area contributed by atoms with Crippen molar-refractivity contribution < 1.29 is 37.0 Å². The van der Waals surface area contributed by atoms with Crippen LogP contribution in [0.4, 0.5) is 22.8 Å². The number of alkyl halides is 3. The van der Waals surface area contributed by atoms with Gasteiger partial charge in [-0.05, 0) is 56.0 Å². The van der Waals surface area contributed by atoms with Crippen LogP contribution in [0.2, 0.25) is 0 Å². The molecule has 3 N–H and O–H groups in total. The Morgan fingerprint density at radius 2 is 1.77 bits per heavy atom. The van der Waals surface area contributed by atoms with Crippen molar-refractivity contribution in [3.63, 3.8) is 0 Å². The second-order valence-electron chi connectivity index (χ2n) is 9.66. The lowest BCUT2D eigenvalue weighted by Crippen LogP contribution is -2.39. The summed E-state index contributed by atoms with van der Waals surface area (Å²) in [6.07, 6.45) is -4.70. The van der Waals surface area contributed by atoms with E-state index in [0.29, 0.717) is 17.2 Å². The molecule has 9 nitrogen and oxygen atoms in total. The molecule has 2 aromatic carbocycles. The number of nitrogens with zero attached hydrogens (tertiary/aromatic N) is 2. The van der Waals surface area contributed by atoms with Gasteiger partial charge in [-0.15, -0.1) is 4.99 Å². The first kappa shape index (κ1) is 29.2. The van der Waals surface area contributed by atoms with Crippen LogP contribution in [-0.2, 0) is 22.3 Å². The van der Waals surface area contributed by atoms with Crippen LogP contribution in [0.3, 0.4) is 0 Å². The van der Waals surface area contributed by atoms with Crippen molar-refractivity contribution in [2.24, 2.45) is 10.7 Å². The first-order chi connectivity index (χ1) is 18.2. The third kappa shape index (κ3) is 8.59. The van der Waals surface area contributed by atoms with E-state index >= 15 is 0 Å². The van der Waals surface area contributed by atoms with Gasteiger partial charge in [0.1, 0.15) is 12.2 Å². The van der Waals surface area contributed by atoms with Gasteiger partial charge in [-0.2, -0.15) is 13.2 Å². The van der Waals surface area contributed by atoms with Crippen molar-refractivity contribution in [1.82, 2.24) is 10.2 Å². The van der Waals surface area contributed by atoms with E-state index in [2.05, 4.69) is 10.3 Å². The van der Waals surface area contributed by atoms with E-state index in [-0.39, 0.29) is 37.2 Å². The SMILES string of the molecule is CC(C)(C)OC(=O)N1CC=C(c2ccc(C(=O)N/C(N)=N\C(=O)OCc3ccccc3)cc2C(F)(F)F)CC1. The Kier molecular flexibility index (Phi) is 9.00. The molecule has 3 rings (SSSR count). The summed E-state index contributed by atoms with van der Waals surface area (Å²) in [6.45, 7) is 5.35. The number of halogens is 3. The minimum Gasteiger partial charge on any atom is -0.444 e. The Morgan fingerprint density at radius 3 is 2.36 bits per heavy atom. The Bertz CT molecular complexity index is 1280. The summed E-state index contributed by atoms with van der Waals surface area (Å²) in [5.41, 5.74) is 4.50. The van der Waals surface area contributed by atoms with Crippen molar-refractivity contribution in [2.75, 3.05) is 13.1 Å². The highest BCUT2D eigenvalue weighted by atomic mass is 19.4. The molecule has 0 saturated heterocycles. The highest BCUT2D eigenvalue weighted by Gasteiger charge is 2.35. The van der Waals surface area contributed by atoms with Crippen LogP contribution in [0.5, 0.6) is 0 Å². The van der Waals surface area contributed by atoms with Gasteiger partial charge in [-0.1, -0.05) is 42.5 Å². The number of carbonyl (C=O) groups excluding carboxylic acids is 3. The average Bonchev–Trinajstić information content (AvgIpc) is 2.86. The molecule has 0 unspecified atom stereocenters. The van der Waals surface area contributed by atoms with Gasteiger partial charge in [0.15, 0.2) is 0 Å². The molecule has 0 saturated carbocycles. The monoisotopic (exact) mass is 546 g/mol. The molecule has 1 aliphatic rings. The van der Waals surface area contributed by atoms with Gasteiger partial charge in [-0.3, -0.25) is 10.1 Å². The molecule has 0 atom stereocenters. The number of aliphatic imine (C=N–C) groups is 1. The first-order valence-electron chi connectivity index (χ1n) is 12.0. The highest BCUT2D eigenvalue weighted by molar-refractivity contribution is 6.07. The quantitative estimate of drug-likeness (QED) is 0.406. The normalized spacial score (nSPS) is 14.4. The van der Waals surface area contributed by atoms with E-state index in [1.807, 2.05) is 0 Å². The van der Waals surface area contributed by atoms with Gasteiger partial charge in [0.25, 0.3) is 5.91 Å². The van der Waals surface area contributed by atoms with Crippen LogP contribution < -0.4 is 11.1 Å². The Hall–Kier alpha value is -4.35. The van der Waals surface area contributed by atoms with Gasteiger partial charge in [0.05, 0.1) is 5.56 Å². The molecule has 0 aliphatic carbocycles. The van der Waals surface area contributed by atoms with Crippen LogP contribution in [0.15, 0.2) is 59.6 Å². The third-order valence-corrected chi connectivity index (χ3v) is 5.45. The van der Waals surface area contributed by atoms with Crippen molar-refractivity contribution in [3.05, 3.63) is 76.9 Å². The predicted molar refractivity (Wildman–Crippen MR) is 138 cm³/mol. The molecule has 0 aromatic heterocycles. The van der Waals surface area contributed by atoms with Gasteiger partial charge in [0.2, 0.25) is 5.96 Å². The van der Waals surface area contributed by atoms with E-state index in [9.17, 15) is 27.6 Å². The Balaban J connectivity index is 1.70. The number of nitrogens with one attached hydrogen (secondary N) is 1. The number of ether oxygens (including phenoxy) is 2. The molecule has 0 spiro atoms. The summed E-state index contributed by atoms with van der Waals surface area (Å²) < 4.78 is 52.1. The standard InChI is InChI=1S/C27H29F3N4O5/c1-26(2,3)39-25(37)34-13-11-18(12-14-34)20-10-9-19(15-21(20)27(28,29)30)22(35)32-23(31)33-24(36)38-16-17-7-5-4-6-8-17/h4-11,15H,12-14,16H2,1-3H3,(H3,31,32,33,35,36). The lowest BCUT2D eigenvalue weighted by atomic mass is 9.93. The summed E-state index contributed by atoms with van der Waals surface area (Å²) in [5, 5.41) is 2.09. The van der Waals surface area contributed by atoms with Crippen LogP contribution >= 0.6 is 0 Å². The van der Waals surface area contributed by atoms with E-state index in [1.165, 1.54) is 23.1 Å². The van der Waals surface area contributed by atoms with Crippen LogP contribution in [-0.4, -0.2) is 47.6 Å². The van der Waals surface area contributed by atoms with Gasteiger partial charge in [0, 0.05) is 18.7 Å². The average molecular weight is 547 g/mol. The van der Waals surface area contributed by atoms with E-state index in [0.717, 1.165) is 0 Å². The minimum absolute atomic E-state index is 0.0772. The van der Waals surface area contributed by atoms with Crippen molar-refractivity contribution >= 4 is 29.6 Å². The molecule has 1 heterocycles. The number of nitrogens with two attached hydrogens (primary N) is 1. The summed E-state index contributed by atoms with van der Waals surface area (Å²) in [4.78, 5) is 41.5. The number of hydrogen-bond donors (Lipinski definition) is 2. The second-order valence-corrected chi connectivity index (χ2v) is 9.66. The Morgan fingerprint density at radius 1 is 1.08 bits per heavy atom. The fourth-order valence-corrected chi connectivity index (χ4v) is 3.67. The van der Waals surface area contributed by atoms with Gasteiger partial charge >= 0.3 is 18.4 Å². The number of hydrogen-bond acceptors (Lipinski definition) is 5. The highest BCUT2D eigenvalue weighted by Crippen LogP contribution is 2.37. The lowest BCUT2D eigenvalue weighted by molar-refractivity contribution is -0.137. The zero-order valence-corrected chi connectivity index (χ0v) is 21.7. The van der Waals surface area contributed by atoms with Gasteiger partial charge in [-0.25, -0.2) is 9.59 Å². The maximum Gasteiger partial charge on any atom is 0.437 e. The minimum atomic E-state index is -4.77. The number of rotatable bonds is 4. The largest absolute Gasteiger partial charge is 0.444 e. The zero-order valence-electron chi connectivity index (χ0n) is 21.7. The number of guanidine groups is 1. The van der Waals surface area contributed by atoms with Crippen LogP contribution in [0.1, 0.15) is 54.2 Å². The number of benzene rings is 2. The summed E-state index contributed by atoms with van der Waals surface area (Å²) in [7, 11) is 0. The molecule has 2 aromatic rings. The van der Waals surface area contributed by atoms with E-state index in [1.54, 1.807) is 51.1 Å².